The van der Waals surface area contributed by atoms with Crippen LogP contribution in [0.4, 0.5) is 0 Å². The van der Waals surface area contributed by atoms with Crippen molar-refractivity contribution in [2.75, 3.05) is 13.1 Å². The maximum Gasteiger partial charge on any atom is 0.202 e. The van der Waals surface area contributed by atoms with Gasteiger partial charge >= 0.3 is 0 Å². The Morgan fingerprint density at radius 1 is 1.67 bits per heavy atom. The summed E-state index contributed by atoms with van der Waals surface area (Å²) in [5.41, 5.74) is 0. The van der Waals surface area contributed by atoms with Crippen LogP contribution in [0, 0.1) is 4.91 Å². The molecule has 0 amide bonds. The zero-order chi connectivity index (χ0) is 4.41. The van der Waals surface area contributed by atoms with Gasteiger partial charge in [-0.2, -0.15) is 0 Å². The summed E-state index contributed by atoms with van der Waals surface area (Å²) in [5.74, 6) is 0. The molecule has 0 spiro atoms. The zero-order valence-electron chi connectivity index (χ0n) is 3.16. The molecule has 0 aromatic rings. The lowest BCUT2D eigenvalue weighted by Crippen LogP contribution is -1.94. The third-order valence-electron chi connectivity index (χ3n) is 0.554. The summed E-state index contributed by atoms with van der Waals surface area (Å²) in [7, 11) is 0. The standard InChI is InChI=1S/C2H4N3O/c6-5-2-1-3-4-5/h1-2H2/q+1. The van der Waals surface area contributed by atoms with E-state index in [0.29, 0.717) is 18.0 Å². The zero-order valence-corrected chi connectivity index (χ0v) is 3.16. The van der Waals surface area contributed by atoms with Crippen LogP contribution in [-0.2, 0) is 0 Å². The van der Waals surface area contributed by atoms with Gasteiger partial charge in [0.1, 0.15) is 0 Å². The second kappa shape index (κ2) is 1.12. The van der Waals surface area contributed by atoms with Crippen LogP contribution in [0.5, 0.6) is 0 Å². The van der Waals surface area contributed by atoms with Crippen LogP contribution in [0.25, 0.3) is 0 Å². The van der Waals surface area contributed by atoms with E-state index >= 15 is 0 Å². The van der Waals surface area contributed by atoms with E-state index in [9.17, 15) is 4.91 Å². The highest BCUT2D eigenvalue weighted by Gasteiger charge is 2.10. The Bertz CT molecular complexity index is 97.0. The molecule has 1 heterocycles. The van der Waals surface area contributed by atoms with Crippen LogP contribution in [-0.4, -0.2) is 18.0 Å². The first kappa shape index (κ1) is 3.39. The van der Waals surface area contributed by atoms with E-state index in [1.165, 1.54) is 0 Å². The van der Waals surface area contributed by atoms with Gasteiger partial charge < -0.3 is 0 Å². The Morgan fingerprint density at radius 3 is 2.67 bits per heavy atom. The van der Waals surface area contributed by atoms with E-state index in [1.807, 2.05) is 0 Å². The number of nitrogens with zero attached hydrogens (tertiary/aromatic N) is 3. The van der Waals surface area contributed by atoms with Crippen LogP contribution in [0.2, 0.25) is 0 Å². The number of rotatable bonds is 0. The molecule has 4 nitrogen and oxygen atoms in total. The molecule has 6 heavy (non-hydrogen) atoms. The second-order valence-electron chi connectivity index (χ2n) is 1.03. The minimum Gasteiger partial charge on any atom is -0.0412 e. The third kappa shape index (κ3) is 0.403. The molecule has 0 bridgehead atoms. The number of nitroso groups, excluding NO2 is 1. The van der Waals surface area contributed by atoms with Crippen molar-refractivity contribution >= 4 is 0 Å². The topological polar surface area (TPSA) is 44.8 Å². The minimum atomic E-state index is 0.431. The van der Waals surface area contributed by atoms with Gasteiger partial charge in [-0.05, 0) is 4.91 Å². The Morgan fingerprint density at radius 2 is 2.50 bits per heavy atom. The molecule has 0 saturated heterocycles. The highest BCUT2D eigenvalue weighted by Crippen LogP contribution is 1.87. The van der Waals surface area contributed by atoms with Gasteiger partial charge in [-0.1, -0.05) is 0 Å². The molecule has 0 aromatic carbocycles. The molecule has 0 aromatic heterocycles. The average molecular weight is 86.1 g/mol. The van der Waals surface area contributed by atoms with Crippen molar-refractivity contribution in [3.63, 3.8) is 0 Å². The van der Waals surface area contributed by atoms with Gasteiger partial charge in [0.05, 0.1) is 4.87 Å². The molecular formula is C2H4N3O+. The first-order valence-electron chi connectivity index (χ1n) is 1.72. The first-order chi connectivity index (χ1) is 2.89. The van der Waals surface area contributed by atoms with Crippen LogP contribution in [0.15, 0.2) is 10.3 Å². The highest BCUT2D eigenvalue weighted by atomic mass is 16.3. The lowest BCUT2D eigenvalue weighted by atomic mass is 10.7. The van der Waals surface area contributed by atoms with E-state index in [1.54, 1.807) is 0 Å². The van der Waals surface area contributed by atoms with Gasteiger partial charge in [-0.3, -0.25) is 0 Å². The number of hydrogen-bond acceptors (Lipinski definition) is 2. The van der Waals surface area contributed by atoms with Crippen LogP contribution >= 0.6 is 0 Å². The molecule has 0 fully saturated rings. The van der Waals surface area contributed by atoms with Gasteiger partial charge in [-0.15, -0.1) is 0 Å². The molecule has 0 unspecified atom stereocenters. The normalized spacial score (nSPS) is 19.7. The van der Waals surface area contributed by atoms with Crippen molar-refractivity contribution < 1.29 is 4.87 Å². The Kier molecular flexibility index (Phi) is 0.633. The summed E-state index contributed by atoms with van der Waals surface area (Å²) in [5, 5.41) is 6.54. The van der Waals surface area contributed by atoms with Gasteiger partial charge in [-0.25, -0.2) is 0 Å². The third-order valence-corrected chi connectivity index (χ3v) is 0.554. The van der Waals surface area contributed by atoms with Gasteiger partial charge in [0.2, 0.25) is 13.1 Å². The van der Waals surface area contributed by atoms with E-state index in [0.717, 1.165) is 0 Å². The summed E-state index contributed by atoms with van der Waals surface area (Å²) in [4.78, 5) is 10.5. The van der Waals surface area contributed by atoms with Gasteiger partial charge in [0.15, 0.2) is 5.22 Å². The fourth-order valence-corrected chi connectivity index (χ4v) is 0.290. The Hall–Kier alpha value is -0.800. The van der Waals surface area contributed by atoms with E-state index in [4.69, 9.17) is 0 Å². The van der Waals surface area contributed by atoms with Gasteiger partial charge in [0, 0.05) is 5.11 Å². The van der Waals surface area contributed by atoms with Crippen molar-refractivity contribution in [3.05, 3.63) is 4.91 Å². The molecule has 1 aliphatic rings. The molecule has 0 saturated carbocycles. The largest absolute Gasteiger partial charge is 0.202 e. The fourth-order valence-electron chi connectivity index (χ4n) is 0.290. The summed E-state index contributed by atoms with van der Waals surface area (Å²) in [6.45, 7) is 0.990. The SMILES string of the molecule is O=[N+]1CCN=N1. The summed E-state index contributed by atoms with van der Waals surface area (Å²) in [6, 6.07) is 0. The highest BCUT2D eigenvalue weighted by molar-refractivity contribution is 4.33. The van der Waals surface area contributed by atoms with E-state index in [-0.39, 0.29) is 0 Å². The van der Waals surface area contributed by atoms with Crippen LogP contribution in [0.1, 0.15) is 0 Å². The first-order valence-corrected chi connectivity index (χ1v) is 1.72. The molecule has 32 valence electrons. The molecule has 0 radical (unpaired) electrons. The maximum atomic E-state index is 9.90. The second-order valence-corrected chi connectivity index (χ2v) is 1.03. The van der Waals surface area contributed by atoms with Crippen LogP contribution in [0.3, 0.4) is 0 Å². The van der Waals surface area contributed by atoms with Crippen molar-refractivity contribution in [1.29, 1.82) is 0 Å². The average Bonchev–Trinajstić information content (AvgIpc) is 1.86. The molecule has 0 aliphatic carbocycles. The quantitative estimate of drug-likeness (QED) is 0.387. The summed E-state index contributed by atoms with van der Waals surface area (Å²) >= 11 is 0. The maximum absolute atomic E-state index is 9.90. The summed E-state index contributed by atoms with van der Waals surface area (Å²) in [6.07, 6.45) is 0. The van der Waals surface area contributed by atoms with Gasteiger partial charge in [0.25, 0.3) is 0 Å². The Balaban J connectivity index is 2.59. The van der Waals surface area contributed by atoms with Crippen molar-refractivity contribution in [2.24, 2.45) is 10.3 Å². The lowest BCUT2D eigenvalue weighted by molar-refractivity contribution is -0.545. The predicted octanol–water partition coefficient (Wildman–Crippen LogP) is 0.146. The van der Waals surface area contributed by atoms with Crippen molar-refractivity contribution in [2.45, 2.75) is 0 Å². The lowest BCUT2D eigenvalue weighted by Gasteiger charge is -1.60. The molecule has 1 rings (SSSR count). The minimum absolute atomic E-state index is 0.431. The molecular weight excluding hydrogens is 82.0 g/mol. The molecule has 4 heteroatoms. The monoisotopic (exact) mass is 86.0 g/mol. The molecule has 0 atom stereocenters. The van der Waals surface area contributed by atoms with Crippen LogP contribution < -0.4 is 0 Å². The summed E-state index contributed by atoms with van der Waals surface area (Å²) < 4.78 is 0. The molecule has 0 N–H and O–H groups in total. The van der Waals surface area contributed by atoms with Crippen molar-refractivity contribution in [3.8, 4) is 0 Å². The fraction of sp³-hybridized carbons (Fsp3) is 1.00. The van der Waals surface area contributed by atoms with E-state index in [2.05, 4.69) is 10.3 Å². The van der Waals surface area contributed by atoms with E-state index < -0.39 is 0 Å². The Labute approximate surface area is 34.4 Å². The van der Waals surface area contributed by atoms with Crippen molar-refractivity contribution in [1.82, 2.24) is 0 Å². The number of hydrogen-bond donors (Lipinski definition) is 0. The smallest absolute Gasteiger partial charge is 0.0412 e. The predicted molar refractivity (Wildman–Crippen MR) is 18.2 cm³/mol. The molecule has 1 aliphatic heterocycles.